The minimum atomic E-state index is -0.321. The first-order valence-corrected chi connectivity index (χ1v) is 6.47. The van der Waals surface area contributed by atoms with Crippen molar-refractivity contribution in [2.45, 2.75) is 20.4 Å². The number of rotatable bonds is 3. The normalized spacial score (nSPS) is 10.4. The van der Waals surface area contributed by atoms with E-state index in [1.54, 1.807) is 18.3 Å². The highest BCUT2D eigenvalue weighted by molar-refractivity contribution is 7.11. The van der Waals surface area contributed by atoms with Crippen LogP contribution in [0.2, 0.25) is 0 Å². The van der Waals surface area contributed by atoms with Crippen molar-refractivity contribution >= 4 is 17.2 Å². The van der Waals surface area contributed by atoms with E-state index in [4.69, 9.17) is 0 Å². The smallest absolute Gasteiger partial charge is 0.251 e. The first kappa shape index (κ1) is 12.8. The zero-order valence-electron chi connectivity index (χ0n) is 10.3. The largest absolute Gasteiger partial charge is 0.347 e. The van der Waals surface area contributed by atoms with Crippen molar-refractivity contribution in [1.82, 2.24) is 5.32 Å². The summed E-state index contributed by atoms with van der Waals surface area (Å²) >= 11 is 1.66. The number of benzene rings is 1. The highest BCUT2D eigenvalue weighted by Crippen LogP contribution is 2.15. The third-order valence-corrected chi connectivity index (χ3v) is 3.65. The van der Waals surface area contributed by atoms with Gasteiger partial charge in [0.1, 0.15) is 5.82 Å². The van der Waals surface area contributed by atoms with Crippen molar-refractivity contribution in [3.05, 3.63) is 57.0 Å². The number of thiophene rings is 1. The van der Waals surface area contributed by atoms with Crippen molar-refractivity contribution in [2.24, 2.45) is 0 Å². The molecule has 0 saturated heterocycles. The lowest BCUT2D eigenvalue weighted by molar-refractivity contribution is 0.0950. The first-order chi connectivity index (χ1) is 8.56. The van der Waals surface area contributed by atoms with Crippen molar-refractivity contribution in [1.29, 1.82) is 0 Å². The monoisotopic (exact) mass is 263 g/mol. The maximum atomic E-state index is 12.9. The number of nitrogens with one attached hydrogen (secondary N) is 1. The molecule has 2 rings (SSSR count). The van der Waals surface area contributed by atoms with Gasteiger partial charge in [-0.05, 0) is 49.7 Å². The van der Waals surface area contributed by atoms with E-state index in [9.17, 15) is 9.18 Å². The van der Waals surface area contributed by atoms with E-state index in [1.165, 1.54) is 23.1 Å². The van der Waals surface area contributed by atoms with Gasteiger partial charge in [-0.15, -0.1) is 11.3 Å². The SMILES string of the molecule is Cc1ccc(CNC(=O)c2ccc(F)cc2C)s1. The number of aryl methyl sites for hydroxylation is 2. The van der Waals surface area contributed by atoms with Crippen molar-refractivity contribution in [2.75, 3.05) is 0 Å². The molecule has 4 heteroatoms. The third kappa shape index (κ3) is 2.96. The fourth-order valence-corrected chi connectivity index (χ4v) is 2.55. The molecule has 1 amide bonds. The lowest BCUT2D eigenvalue weighted by Gasteiger charge is -2.06. The number of halogens is 1. The van der Waals surface area contributed by atoms with E-state index in [1.807, 2.05) is 19.1 Å². The second kappa shape index (κ2) is 5.31. The summed E-state index contributed by atoms with van der Waals surface area (Å²) in [7, 11) is 0. The maximum absolute atomic E-state index is 12.9. The summed E-state index contributed by atoms with van der Waals surface area (Å²) in [5.41, 5.74) is 1.17. The molecular weight excluding hydrogens is 249 g/mol. The fourth-order valence-electron chi connectivity index (χ4n) is 1.72. The molecule has 0 spiro atoms. The van der Waals surface area contributed by atoms with Crippen LogP contribution in [0.3, 0.4) is 0 Å². The second-order valence-electron chi connectivity index (χ2n) is 4.15. The van der Waals surface area contributed by atoms with Gasteiger partial charge in [0, 0.05) is 15.3 Å². The van der Waals surface area contributed by atoms with E-state index >= 15 is 0 Å². The molecule has 0 aliphatic heterocycles. The Balaban J connectivity index is 2.03. The van der Waals surface area contributed by atoms with Gasteiger partial charge in [0.2, 0.25) is 0 Å². The zero-order chi connectivity index (χ0) is 13.1. The second-order valence-corrected chi connectivity index (χ2v) is 5.53. The molecule has 0 fully saturated rings. The van der Waals surface area contributed by atoms with Crippen molar-refractivity contribution in [3.63, 3.8) is 0 Å². The van der Waals surface area contributed by atoms with Gasteiger partial charge in [0.25, 0.3) is 5.91 Å². The highest BCUT2D eigenvalue weighted by Gasteiger charge is 2.09. The number of amides is 1. The van der Waals surface area contributed by atoms with E-state index < -0.39 is 0 Å². The standard InChI is InChI=1S/C14H14FNOS/c1-9-7-11(15)4-6-13(9)14(17)16-8-12-5-3-10(2)18-12/h3-7H,8H2,1-2H3,(H,16,17). The molecule has 2 aromatic rings. The van der Waals surface area contributed by atoms with Crippen LogP contribution in [0.15, 0.2) is 30.3 Å². The molecule has 1 heterocycles. The van der Waals surface area contributed by atoms with Crippen LogP contribution < -0.4 is 5.32 Å². The number of carbonyl (C=O) groups excluding carboxylic acids is 1. The topological polar surface area (TPSA) is 29.1 Å². The van der Waals surface area contributed by atoms with Gasteiger partial charge in [-0.2, -0.15) is 0 Å². The lowest BCUT2D eigenvalue weighted by Crippen LogP contribution is -2.23. The van der Waals surface area contributed by atoms with Gasteiger partial charge in [-0.3, -0.25) is 4.79 Å². The third-order valence-electron chi connectivity index (χ3n) is 2.65. The summed E-state index contributed by atoms with van der Waals surface area (Å²) < 4.78 is 12.9. The molecule has 0 atom stereocenters. The number of carbonyl (C=O) groups is 1. The van der Waals surface area contributed by atoms with Gasteiger partial charge in [-0.1, -0.05) is 0 Å². The Hall–Kier alpha value is -1.68. The number of hydrogen-bond donors (Lipinski definition) is 1. The van der Waals surface area contributed by atoms with Crippen molar-refractivity contribution in [3.8, 4) is 0 Å². The minimum Gasteiger partial charge on any atom is -0.347 e. The molecule has 0 saturated carbocycles. The Morgan fingerprint density at radius 1 is 1.28 bits per heavy atom. The Morgan fingerprint density at radius 3 is 2.67 bits per heavy atom. The summed E-state index contributed by atoms with van der Waals surface area (Å²) in [6.07, 6.45) is 0. The van der Waals surface area contributed by atoms with Crippen LogP contribution >= 0.6 is 11.3 Å². The van der Waals surface area contributed by atoms with Gasteiger partial charge in [0.05, 0.1) is 6.54 Å². The average Bonchev–Trinajstić information content (AvgIpc) is 2.72. The predicted molar refractivity (Wildman–Crippen MR) is 71.4 cm³/mol. The summed E-state index contributed by atoms with van der Waals surface area (Å²) in [4.78, 5) is 14.3. The van der Waals surface area contributed by atoms with E-state index in [0.29, 0.717) is 17.7 Å². The van der Waals surface area contributed by atoms with Crippen LogP contribution in [0.5, 0.6) is 0 Å². The zero-order valence-corrected chi connectivity index (χ0v) is 11.1. The molecule has 0 unspecified atom stereocenters. The average molecular weight is 263 g/mol. The van der Waals surface area contributed by atoms with Crippen LogP contribution in [0.4, 0.5) is 4.39 Å². The van der Waals surface area contributed by atoms with Crippen LogP contribution in [0, 0.1) is 19.7 Å². The summed E-state index contributed by atoms with van der Waals surface area (Å²) in [6, 6.07) is 8.20. The Labute approximate surface area is 109 Å². The molecule has 0 aliphatic rings. The molecule has 94 valence electrons. The van der Waals surface area contributed by atoms with E-state index in [-0.39, 0.29) is 11.7 Å². The van der Waals surface area contributed by atoms with Gasteiger partial charge in [0.15, 0.2) is 0 Å². The van der Waals surface area contributed by atoms with Crippen LogP contribution in [0.25, 0.3) is 0 Å². The number of hydrogen-bond acceptors (Lipinski definition) is 2. The summed E-state index contributed by atoms with van der Waals surface area (Å²) in [6.45, 7) is 4.27. The van der Waals surface area contributed by atoms with Gasteiger partial charge >= 0.3 is 0 Å². The molecule has 0 radical (unpaired) electrons. The minimum absolute atomic E-state index is 0.168. The molecular formula is C14H14FNOS. The summed E-state index contributed by atoms with van der Waals surface area (Å²) in [5, 5.41) is 2.84. The lowest BCUT2D eigenvalue weighted by atomic mass is 10.1. The Morgan fingerprint density at radius 2 is 2.06 bits per heavy atom. The quantitative estimate of drug-likeness (QED) is 0.903. The van der Waals surface area contributed by atoms with E-state index in [0.717, 1.165) is 4.88 Å². The predicted octanol–water partition coefficient (Wildman–Crippen LogP) is 3.43. The Kier molecular flexibility index (Phi) is 3.77. The summed E-state index contributed by atoms with van der Waals surface area (Å²) in [5.74, 6) is -0.489. The molecule has 0 bridgehead atoms. The molecule has 1 N–H and O–H groups in total. The Bertz CT molecular complexity index is 577. The van der Waals surface area contributed by atoms with Gasteiger partial charge in [-0.25, -0.2) is 4.39 Å². The molecule has 2 nitrogen and oxygen atoms in total. The molecule has 0 aliphatic carbocycles. The molecule has 18 heavy (non-hydrogen) atoms. The molecule has 1 aromatic carbocycles. The van der Waals surface area contributed by atoms with Crippen molar-refractivity contribution < 1.29 is 9.18 Å². The molecule has 1 aromatic heterocycles. The van der Waals surface area contributed by atoms with E-state index in [2.05, 4.69) is 5.32 Å². The van der Waals surface area contributed by atoms with Crippen LogP contribution in [-0.4, -0.2) is 5.91 Å². The highest BCUT2D eigenvalue weighted by atomic mass is 32.1. The van der Waals surface area contributed by atoms with Crippen LogP contribution in [0.1, 0.15) is 25.7 Å². The first-order valence-electron chi connectivity index (χ1n) is 5.66. The maximum Gasteiger partial charge on any atom is 0.251 e. The van der Waals surface area contributed by atoms with Crippen LogP contribution in [-0.2, 0) is 6.54 Å². The van der Waals surface area contributed by atoms with Gasteiger partial charge < -0.3 is 5.32 Å². The fraction of sp³-hybridized carbons (Fsp3) is 0.214.